The van der Waals surface area contributed by atoms with Crippen molar-refractivity contribution in [1.29, 1.82) is 0 Å². The van der Waals surface area contributed by atoms with Crippen molar-refractivity contribution in [2.24, 2.45) is 7.05 Å². The third-order valence-electron chi connectivity index (χ3n) is 5.29. The van der Waals surface area contributed by atoms with Crippen molar-refractivity contribution in [2.45, 2.75) is 6.92 Å². The van der Waals surface area contributed by atoms with Crippen LogP contribution in [0.5, 0.6) is 0 Å². The third-order valence-corrected chi connectivity index (χ3v) is 5.29. The van der Waals surface area contributed by atoms with Crippen molar-refractivity contribution in [1.82, 2.24) is 25.1 Å². The topological polar surface area (TPSA) is 58.9 Å². The monoisotopic (exact) mass is 376 g/mol. The maximum absolute atomic E-state index is 14.5. The van der Waals surface area contributed by atoms with Gasteiger partial charge in [0.15, 0.2) is 11.6 Å². The van der Waals surface area contributed by atoms with Gasteiger partial charge >= 0.3 is 0 Å². The molecule has 0 spiro atoms. The number of halogens is 1. The zero-order valence-electron chi connectivity index (χ0n) is 15.9. The quantitative estimate of drug-likeness (QED) is 0.583. The molecule has 1 saturated heterocycles. The van der Waals surface area contributed by atoms with Crippen LogP contribution in [-0.4, -0.2) is 45.9 Å². The third kappa shape index (κ3) is 2.88. The number of fused-ring (bicyclic) bond motifs is 2. The molecule has 1 fully saturated rings. The van der Waals surface area contributed by atoms with Crippen LogP contribution in [0.15, 0.2) is 36.5 Å². The number of aryl methyl sites for hydroxylation is 2. The highest BCUT2D eigenvalue weighted by Crippen LogP contribution is 2.28. The number of rotatable bonds is 2. The summed E-state index contributed by atoms with van der Waals surface area (Å²) in [5.74, 6) is 0.174. The number of piperazine rings is 1. The first-order chi connectivity index (χ1) is 13.6. The summed E-state index contributed by atoms with van der Waals surface area (Å²) in [4.78, 5) is 11.8. The molecule has 6 nitrogen and oxygen atoms in total. The fourth-order valence-electron chi connectivity index (χ4n) is 3.86. The summed E-state index contributed by atoms with van der Waals surface area (Å²) in [5.41, 5.74) is 3.98. The van der Waals surface area contributed by atoms with E-state index < -0.39 is 0 Å². The van der Waals surface area contributed by atoms with E-state index in [1.807, 2.05) is 19.1 Å². The molecule has 1 aliphatic rings. The molecule has 0 radical (unpaired) electrons. The van der Waals surface area contributed by atoms with E-state index in [1.54, 1.807) is 17.9 Å². The molecule has 0 bridgehead atoms. The van der Waals surface area contributed by atoms with Gasteiger partial charge in [-0.05, 0) is 37.3 Å². The Morgan fingerprint density at radius 3 is 2.71 bits per heavy atom. The molecule has 7 heteroatoms. The fourth-order valence-corrected chi connectivity index (χ4v) is 3.86. The Bertz CT molecular complexity index is 1190. The predicted octanol–water partition coefficient (Wildman–Crippen LogP) is 3.04. The predicted molar refractivity (Wildman–Crippen MR) is 109 cm³/mol. The molecule has 2 aromatic heterocycles. The lowest BCUT2D eigenvalue weighted by atomic mass is 10.1. The van der Waals surface area contributed by atoms with Crippen LogP contribution >= 0.6 is 0 Å². The summed E-state index contributed by atoms with van der Waals surface area (Å²) >= 11 is 0. The van der Waals surface area contributed by atoms with Gasteiger partial charge in [0.05, 0.1) is 5.52 Å². The summed E-state index contributed by atoms with van der Waals surface area (Å²) in [6, 6.07) is 9.65. The van der Waals surface area contributed by atoms with Gasteiger partial charge in [0.2, 0.25) is 0 Å². The van der Waals surface area contributed by atoms with E-state index in [-0.39, 0.29) is 5.82 Å². The highest BCUT2D eigenvalue weighted by molar-refractivity contribution is 5.88. The molecular formula is C21H21FN6. The fraction of sp³-hybridized carbons (Fsp3) is 0.286. The van der Waals surface area contributed by atoms with Gasteiger partial charge in [-0.15, -0.1) is 0 Å². The largest absolute Gasteiger partial charge is 0.369 e. The molecular weight excluding hydrogens is 355 g/mol. The average Bonchev–Trinajstić information content (AvgIpc) is 3.09. The first kappa shape index (κ1) is 17.1. The Labute approximate surface area is 162 Å². The van der Waals surface area contributed by atoms with Crippen LogP contribution in [-0.2, 0) is 7.05 Å². The minimum atomic E-state index is -0.358. The van der Waals surface area contributed by atoms with Gasteiger partial charge in [0, 0.05) is 67.1 Å². The normalized spacial score (nSPS) is 14.9. The molecule has 3 heterocycles. The number of hydrogen-bond donors (Lipinski definition) is 1. The zero-order chi connectivity index (χ0) is 19.3. The molecule has 2 aromatic carbocycles. The number of nitrogens with zero attached hydrogens (tertiary/aromatic N) is 5. The van der Waals surface area contributed by atoms with E-state index in [1.165, 1.54) is 11.8 Å². The van der Waals surface area contributed by atoms with Gasteiger partial charge in [-0.1, -0.05) is 0 Å². The lowest BCUT2D eigenvalue weighted by Gasteiger charge is -2.29. The number of anilines is 1. The van der Waals surface area contributed by atoms with Crippen molar-refractivity contribution in [2.75, 3.05) is 31.1 Å². The molecule has 4 aromatic rings. The maximum Gasteiger partial charge on any atom is 0.160 e. The molecule has 1 N–H and O–H groups in total. The van der Waals surface area contributed by atoms with Crippen molar-refractivity contribution < 1.29 is 4.39 Å². The van der Waals surface area contributed by atoms with Gasteiger partial charge < -0.3 is 10.2 Å². The zero-order valence-corrected chi connectivity index (χ0v) is 15.9. The Morgan fingerprint density at radius 2 is 1.89 bits per heavy atom. The van der Waals surface area contributed by atoms with Crippen LogP contribution in [0.1, 0.15) is 5.69 Å². The van der Waals surface area contributed by atoms with E-state index >= 15 is 0 Å². The number of nitrogens with one attached hydrogen (secondary N) is 1. The van der Waals surface area contributed by atoms with E-state index in [0.717, 1.165) is 48.2 Å². The van der Waals surface area contributed by atoms with Crippen molar-refractivity contribution in [3.63, 3.8) is 0 Å². The highest BCUT2D eigenvalue weighted by Gasteiger charge is 2.15. The Hall–Kier alpha value is -3.06. The molecule has 0 aliphatic carbocycles. The van der Waals surface area contributed by atoms with Crippen LogP contribution in [0, 0.1) is 12.7 Å². The van der Waals surface area contributed by atoms with Crippen molar-refractivity contribution in [3.05, 3.63) is 48.0 Å². The molecule has 0 unspecified atom stereocenters. The second-order valence-corrected chi connectivity index (χ2v) is 7.27. The molecule has 142 valence electrons. The minimum Gasteiger partial charge on any atom is -0.369 e. The lowest BCUT2D eigenvalue weighted by Crippen LogP contribution is -2.43. The molecule has 5 rings (SSSR count). The van der Waals surface area contributed by atoms with Crippen molar-refractivity contribution in [3.8, 4) is 11.4 Å². The summed E-state index contributed by atoms with van der Waals surface area (Å²) in [6.07, 6.45) is 1.80. The van der Waals surface area contributed by atoms with Crippen LogP contribution in [0.3, 0.4) is 0 Å². The van der Waals surface area contributed by atoms with E-state index in [0.29, 0.717) is 16.9 Å². The first-order valence-corrected chi connectivity index (χ1v) is 9.46. The summed E-state index contributed by atoms with van der Waals surface area (Å²) in [7, 11) is 1.78. The number of hydrogen-bond acceptors (Lipinski definition) is 5. The Morgan fingerprint density at radius 1 is 1.07 bits per heavy atom. The Balaban J connectivity index is 1.59. The number of benzene rings is 2. The van der Waals surface area contributed by atoms with Crippen molar-refractivity contribution >= 4 is 27.5 Å². The lowest BCUT2D eigenvalue weighted by molar-refractivity contribution is 0.589. The van der Waals surface area contributed by atoms with Crippen LogP contribution in [0.25, 0.3) is 33.2 Å². The maximum atomic E-state index is 14.5. The average molecular weight is 376 g/mol. The van der Waals surface area contributed by atoms with E-state index in [9.17, 15) is 4.39 Å². The highest BCUT2D eigenvalue weighted by atomic mass is 19.1. The first-order valence-electron chi connectivity index (χ1n) is 9.46. The second-order valence-electron chi connectivity index (χ2n) is 7.27. The summed E-state index contributed by atoms with van der Waals surface area (Å²) in [5, 5.41) is 9.31. The molecule has 1 aliphatic heterocycles. The Kier molecular flexibility index (Phi) is 3.98. The summed E-state index contributed by atoms with van der Waals surface area (Å²) in [6.45, 7) is 5.96. The SMILES string of the molecule is Cc1nc(-c2cc(F)c3nn(C)cc3c2)nc2ccc(N3CCNCC3)cc12. The van der Waals surface area contributed by atoms with Crippen LogP contribution in [0.2, 0.25) is 0 Å². The van der Waals surface area contributed by atoms with Gasteiger partial charge in [-0.25, -0.2) is 14.4 Å². The minimum absolute atomic E-state index is 0.358. The molecule has 0 amide bonds. The molecule has 28 heavy (non-hydrogen) atoms. The number of aromatic nitrogens is 4. The van der Waals surface area contributed by atoms with E-state index in [4.69, 9.17) is 4.98 Å². The van der Waals surface area contributed by atoms with Gasteiger partial charge in [0.1, 0.15) is 5.52 Å². The van der Waals surface area contributed by atoms with Crippen LogP contribution < -0.4 is 10.2 Å². The summed E-state index contributed by atoms with van der Waals surface area (Å²) < 4.78 is 16.1. The van der Waals surface area contributed by atoms with Crippen LogP contribution in [0.4, 0.5) is 10.1 Å². The second kappa shape index (κ2) is 6.53. The van der Waals surface area contributed by atoms with Gasteiger partial charge in [-0.2, -0.15) is 5.10 Å². The molecule has 0 saturated carbocycles. The molecule has 0 atom stereocenters. The van der Waals surface area contributed by atoms with Gasteiger partial charge in [0.25, 0.3) is 0 Å². The van der Waals surface area contributed by atoms with E-state index in [2.05, 4.69) is 32.4 Å². The van der Waals surface area contributed by atoms with Gasteiger partial charge in [-0.3, -0.25) is 4.68 Å². The smallest absolute Gasteiger partial charge is 0.160 e. The standard InChI is InChI=1S/C21H21FN6/c1-13-17-11-16(28-7-5-23-6-8-28)3-4-19(17)25-21(24-13)14-9-15-12-27(2)26-20(15)18(22)10-14/h3-4,9-12,23H,5-8H2,1-2H3.